The first-order chi connectivity index (χ1) is 9.47. The molecule has 2 aromatic rings. The lowest BCUT2D eigenvalue weighted by atomic mass is 10.1. The molecule has 5 heteroatoms. The van der Waals surface area contributed by atoms with Gasteiger partial charge in [0.2, 0.25) is 0 Å². The summed E-state index contributed by atoms with van der Waals surface area (Å²) in [6.45, 7) is 2.89. The molecule has 0 spiro atoms. The van der Waals surface area contributed by atoms with Crippen LogP contribution in [0, 0.1) is 0 Å². The largest absolute Gasteiger partial charge is 0.326 e. The zero-order valence-electron chi connectivity index (χ0n) is 11.5. The summed E-state index contributed by atoms with van der Waals surface area (Å²) < 4.78 is 1.90. The van der Waals surface area contributed by atoms with E-state index in [0.717, 1.165) is 15.4 Å². The van der Waals surface area contributed by atoms with Crippen LogP contribution in [0.5, 0.6) is 0 Å². The fraction of sp³-hybridized carbons (Fsp3) is 0.333. The monoisotopic (exact) mass is 372 g/mol. The van der Waals surface area contributed by atoms with Gasteiger partial charge in [0.25, 0.3) is 0 Å². The molecule has 0 aliphatic heterocycles. The van der Waals surface area contributed by atoms with Crippen molar-refractivity contribution in [2.75, 3.05) is 7.05 Å². The highest BCUT2D eigenvalue weighted by Gasteiger charge is 2.22. The fourth-order valence-electron chi connectivity index (χ4n) is 2.34. The Balaban J connectivity index is 2.15. The van der Waals surface area contributed by atoms with Crippen LogP contribution in [0.3, 0.4) is 0 Å². The van der Waals surface area contributed by atoms with Crippen LogP contribution in [0.15, 0.2) is 40.9 Å². The second-order valence-corrected chi connectivity index (χ2v) is 7.65. The van der Waals surface area contributed by atoms with E-state index in [2.05, 4.69) is 58.2 Å². The Morgan fingerprint density at radius 1 is 1.25 bits per heavy atom. The molecule has 1 heterocycles. The van der Waals surface area contributed by atoms with E-state index in [1.807, 2.05) is 13.0 Å². The lowest BCUT2D eigenvalue weighted by Crippen LogP contribution is -2.36. The molecular formula is C15H18BrClN2S. The minimum atomic E-state index is 0.0464. The summed E-state index contributed by atoms with van der Waals surface area (Å²) in [7, 11) is 2.10. The summed E-state index contributed by atoms with van der Waals surface area (Å²) in [5.74, 6) is 0. The van der Waals surface area contributed by atoms with Gasteiger partial charge < -0.3 is 5.73 Å². The lowest BCUT2D eigenvalue weighted by Gasteiger charge is -2.30. The third-order valence-corrected chi connectivity index (χ3v) is 5.03. The van der Waals surface area contributed by atoms with Gasteiger partial charge in [-0.1, -0.05) is 39.7 Å². The minimum Gasteiger partial charge on any atom is -0.326 e. The van der Waals surface area contributed by atoms with Crippen molar-refractivity contribution in [3.63, 3.8) is 0 Å². The lowest BCUT2D eigenvalue weighted by molar-refractivity contribution is 0.214. The molecule has 0 aliphatic rings. The van der Waals surface area contributed by atoms with E-state index in [0.29, 0.717) is 0 Å². The molecule has 0 bridgehead atoms. The Morgan fingerprint density at radius 2 is 1.90 bits per heavy atom. The highest BCUT2D eigenvalue weighted by molar-refractivity contribution is 9.10. The van der Waals surface area contributed by atoms with Gasteiger partial charge in [-0.3, -0.25) is 4.90 Å². The highest BCUT2D eigenvalue weighted by Crippen LogP contribution is 2.32. The molecule has 0 aliphatic carbocycles. The number of nitrogens with two attached hydrogens (primary N) is 1. The predicted octanol–water partition coefficient (Wildman–Crippen LogP) is 4.68. The molecule has 0 fully saturated rings. The first-order valence-corrected chi connectivity index (χ1v) is 8.41. The van der Waals surface area contributed by atoms with Crippen molar-refractivity contribution >= 4 is 38.9 Å². The molecule has 2 nitrogen and oxygen atoms in total. The Hall–Kier alpha value is -0.390. The molecule has 0 radical (unpaired) electrons. The summed E-state index contributed by atoms with van der Waals surface area (Å²) >= 11 is 11.1. The number of benzene rings is 1. The summed E-state index contributed by atoms with van der Waals surface area (Å²) in [6.07, 6.45) is 0. The fourth-order valence-corrected chi connectivity index (χ4v) is 3.95. The van der Waals surface area contributed by atoms with E-state index < -0.39 is 0 Å². The van der Waals surface area contributed by atoms with Crippen molar-refractivity contribution in [2.24, 2.45) is 5.73 Å². The summed E-state index contributed by atoms with van der Waals surface area (Å²) in [4.78, 5) is 3.49. The predicted molar refractivity (Wildman–Crippen MR) is 91.3 cm³/mol. The molecule has 0 saturated carbocycles. The molecular weight excluding hydrogens is 356 g/mol. The maximum atomic E-state index is 6.17. The van der Waals surface area contributed by atoms with Crippen molar-refractivity contribution in [3.05, 3.63) is 55.6 Å². The number of nitrogens with zero attached hydrogens (tertiary/aromatic N) is 1. The van der Waals surface area contributed by atoms with Gasteiger partial charge in [0.05, 0.1) is 10.4 Å². The zero-order valence-corrected chi connectivity index (χ0v) is 14.7. The van der Waals surface area contributed by atoms with Gasteiger partial charge in [0, 0.05) is 21.9 Å². The van der Waals surface area contributed by atoms with Crippen LogP contribution in [0.2, 0.25) is 4.34 Å². The van der Waals surface area contributed by atoms with E-state index in [9.17, 15) is 0 Å². The van der Waals surface area contributed by atoms with Crippen LogP contribution in [-0.2, 0) is 6.54 Å². The molecule has 108 valence electrons. The molecule has 2 unspecified atom stereocenters. The molecule has 2 N–H and O–H groups in total. The Morgan fingerprint density at radius 3 is 2.40 bits per heavy atom. The zero-order chi connectivity index (χ0) is 14.7. The molecule has 2 rings (SSSR count). The standard InChI is InChI=1S/C15H18BrClN2S/c1-10(18)15(13-7-8-14(17)20-13)19(2)9-11-3-5-12(16)6-4-11/h3-8,10,15H,9,18H2,1-2H3. The van der Waals surface area contributed by atoms with E-state index in [1.54, 1.807) is 11.3 Å². The number of rotatable bonds is 5. The van der Waals surface area contributed by atoms with Gasteiger partial charge in [0.1, 0.15) is 0 Å². The number of hydrogen-bond donors (Lipinski definition) is 1. The SMILES string of the molecule is CC(N)C(c1ccc(Cl)s1)N(C)Cc1ccc(Br)cc1. The third kappa shape index (κ3) is 4.06. The van der Waals surface area contributed by atoms with Gasteiger partial charge in [-0.25, -0.2) is 0 Å². The van der Waals surface area contributed by atoms with Gasteiger partial charge in [-0.05, 0) is 43.8 Å². The highest BCUT2D eigenvalue weighted by atomic mass is 79.9. The molecule has 0 saturated heterocycles. The smallest absolute Gasteiger partial charge is 0.0931 e. The maximum Gasteiger partial charge on any atom is 0.0931 e. The number of likely N-dealkylation sites (N-methyl/N-ethyl adjacent to an activating group) is 1. The number of hydrogen-bond acceptors (Lipinski definition) is 3. The normalized spacial score (nSPS) is 14.5. The Labute approximate surface area is 137 Å². The van der Waals surface area contributed by atoms with E-state index in [4.69, 9.17) is 17.3 Å². The van der Waals surface area contributed by atoms with E-state index in [1.165, 1.54) is 10.4 Å². The van der Waals surface area contributed by atoms with Crippen LogP contribution < -0.4 is 5.73 Å². The van der Waals surface area contributed by atoms with Crippen LogP contribution in [0.1, 0.15) is 23.4 Å². The topological polar surface area (TPSA) is 29.3 Å². The summed E-state index contributed by atoms with van der Waals surface area (Å²) in [5, 5.41) is 0. The van der Waals surface area contributed by atoms with Crippen LogP contribution >= 0.6 is 38.9 Å². The van der Waals surface area contributed by atoms with E-state index >= 15 is 0 Å². The molecule has 1 aromatic heterocycles. The van der Waals surface area contributed by atoms with Crippen LogP contribution in [0.4, 0.5) is 0 Å². The Bertz CT molecular complexity index is 553. The van der Waals surface area contributed by atoms with Crippen molar-refractivity contribution in [1.29, 1.82) is 0 Å². The summed E-state index contributed by atoms with van der Waals surface area (Å²) in [6, 6.07) is 12.6. The second kappa shape index (κ2) is 7.05. The summed E-state index contributed by atoms with van der Waals surface area (Å²) in [5.41, 5.74) is 7.44. The number of thiophene rings is 1. The molecule has 20 heavy (non-hydrogen) atoms. The van der Waals surface area contributed by atoms with Gasteiger partial charge in [-0.15, -0.1) is 11.3 Å². The van der Waals surface area contributed by atoms with Crippen molar-refractivity contribution in [3.8, 4) is 0 Å². The Kier molecular flexibility index (Phi) is 5.64. The van der Waals surface area contributed by atoms with E-state index in [-0.39, 0.29) is 12.1 Å². The first-order valence-electron chi connectivity index (χ1n) is 6.43. The first kappa shape index (κ1) is 16.0. The third-order valence-electron chi connectivity index (χ3n) is 3.20. The molecule has 1 aromatic carbocycles. The van der Waals surface area contributed by atoms with Gasteiger partial charge in [0.15, 0.2) is 0 Å². The molecule has 2 atom stereocenters. The minimum absolute atomic E-state index is 0.0464. The van der Waals surface area contributed by atoms with Crippen molar-refractivity contribution in [2.45, 2.75) is 25.6 Å². The van der Waals surface area contributed by atoms with Crippen LogP contribution in [0.25, 0.3) is 0 Å². The van der Waals surface area contributed by atoms with Crippen molar-refractivity contribution < 1.29 is 0 Å². The van der Waals surface area contributed by atoms with Crippen LogP contribution in [-0.4, -0.2) is 18.0 Å². The quantitative estimate of drug-likeness (QED) is 0.824. The van der Waals surface area contributed by atoms with Gasteiger partial charge in [-0.2, -0.15) is 0 Å². The average Bonchev–Trinajstić information content (AvgIpc) is 2.78. The number of halogens is 2. The average molecular weight is 374 g/mol. The molecule has 0 amide bonds. The second-order valence-electron chi connectivity index (χ2n) is 4.99. The van der Waals surface area contributed by atoms with Gasteiger partial charge >= 0.3 is 0 Å². The van der Waals surface area contributed by atoms with Crippen molar-refractivity contribution in [1.82, 2.24) is 4.90 Å². The maximum absolute atomic E-state index is 6.17.